The molecule has 2 aliphatic rings. The van der Waals surface area contributed by atoms with E-state index in [9.17, 15) is 18.0 Å². The molecule has 2 N–H and O–H groups in total. The fourth-order valence-corrected chi connectivity index (χ4v) is 5.50. The maximum Gasteiger partial charge on any atom is 0.403 e. The Morgan fingerprint density at radius 2 is 1.97 bits per heavy atom. The number of carbonyl (C=O) groups is 1. The Balaban J connectivity index is 1.36. The van der Waals surface area contributed by atoms with Crippen molar-refractivity contribution >= 4 is 57.5 Å². The number of rotatable bonds is 8. The van der Waals surface area contributed by atoms with Crippen molar-refractivity contribution in [3.05, 3.63) is 45.9 Å². The number of methoxy groups -OCH3 is 1. The first-order chi connectivity index (χ1) is 18.0. The number of ether oxygens (including phenoxy) is 1. The smallest absolute Gasteiger partial charge is 0.383 e. The molecule has 38 heavy (non-hydrogen) atoms. The lowest BCUT2D eigenvalue weighted by Crippen LogP contribution is -2.40. The average Bonchev–Trinajstić information content (AvgIpc) is 3.50. The second kappa shape index (κ2) is 10.1. The standard InChI is InChI=1S/C26H28Cl2F3N5O2/c1-35-22-12-21(36-9-3-4-16(36)14-38-2)18(28)11-20(22)34-24(35)33-19-10-15(5-6-17(19)27)13-32-23(37)25(7-8-25)26(29,30)31/h5-6,10-12,16H,3-4,7-9,13-14H2,1-2H3,(H,32,37)(H,33,34)/t16-/m0/s1. The van der Waals surface area contributed by atoms with Gasteiger partial charge in [0.15, 0.2) is 0 Å². The molecule has 3 aromatic rings. The SMILES string of the molecule is COC[C@@H]1CCCN1c1cc2c(cc1Cl)nc(Nc1cc(CNC(=O)C3(C(F)(F)F)CC3)ccc1Cl)n2C. The molecule has 1 saturated heterocycles. The molecule has 1 aliphatic heterocycles. The number of alkyl halides is 3. The number of hydrogen-bond acceptors (Lipinski definition) is 5. The summed E-state index contributed by atoms with van der Waals surface area (Å²) in [6, 6.07) is 9.09. The van der Waals surface area contributed by atoms with E-state index in [1.165, 1.54) is 0 Å². The molecule has 2 fully saturated rings. The number of fused-ring (bicyclic) bond motifs is 1. The van der Waals surface area contributed by atoms with Gasteiger partial charge in [-0.05, 0) is 55.5 Å². The van der Waals surface area contributed by atoms with E-state index in [4.69, 9.17) is 27.9 Å². The van der Waals surface area contributed by atoms with E-state index in [1.54, 1.807) is 25.3 Å². The summed E-state index contributed by atoms with van der Waals surface area (Å²) in [5, 5.41) is 6.64. The lowest BCUT2D eigenvalue weighted by molar-refractivity contribution is -0.192. The van der Waals surface area contributed by atoms with Crippen molar-refractivity contribution < 1.29 is 22.7 Å². The summed E-state index contributed by atoms with van der Waals surface area (Å²) < 4.78 is 47.0. The molecular formula is C26H28Cl2F3N5O2. The van der Waals surface area contributed by atoms with Crippen LogP contribution in [0.1, 0.15) is 31.2 Å². The molecule has 0 unspecified atom stereocenters. The zero-order valence-electron chi connectivity index (χ0n) is 21.0. The van der Waals surface area contributed by atoms with Crippen molar-refractivity contribution in [2.24, 2.45) is 12.5 Å². The van der Waals surface area contributed by atoms with Crippen LogP contribution in [0.3, 0.4) is 0 Å². The summed E-state index contributed by atoms with van der Waals surface area (Å²) in [6.07, 6.45) is -2.82. The topological polar surface area (TPSA) is 71.4 Å². The summed E-state index contributed by atoms with van der Waals surface area (Å²) in [5.74, 6) is -0.483. The highest BCUT2D eigenvalue weighted by atomic mass is 35.5. The maximum absolute atomic E-state index is 13.2. The van der Waals surface area contributed by atoms with Crippen LogP contribution in [-0.2, 0) is 23.1 Å². The fraction of sp³-hybridized carbons (Fsp3) is 0.462. The second-order valence-electron chi connectivity index (χ2n) is 9.93. The molecule has 0 bridgehead atoms. The predicted molar refractivity (Wildman–Crippen MR) is 142 cm³/mol. The number of aryl methyl sites for hydroxylation is 1. The Labute approximate surface area is 228 Å². The van der Waals surface area contributed by atoms with Crippen LogP contribution in [0.4, 0.5) is 30.5 Å². The number of amides is 1. The quantitative estimate of drug-likeness (QED) is 0.338. The van der Waals surface area contributed by atoms with Crippen LogP contribution in [0.25, 0.3) is 11.0 Å². The second-order valence-corrected chi connectivity index (χ2v) is 10.7. The van der Waals surface area contributed by atoms with Crippen LogP contribution in [0.2, 0.25) is 10.0 Å². The number of halogens is 5. The Hall–Kier alpha value is -2.69. The van der Waals surface area contributed by atoms with Gasteiger partial charge in [0.05, 0.1) is 45.1 Å². The molecule has 7 nitrogen and oxygen atoms in total. The van der Waals surface area contributed by atoms with Gasteiger partial charge in [-0.2, -0.15) is 13.2 Å². The van der Waals surface area contributed by atoms with Gasteiger partial charge in [0.1, 0.15) is 5.41 Å². The number of aromatic nitrogens is 2. The Morgan fingerprint density at radius 1 is 1.21 bits per heavy atom. The highest BCUT2D eigenvalue weighted by Crippen LogP contribution is 2.57. The number of nitrogens with one attached hydrogen (secondary N) is 2. The van der Waals surface area contributed by atoms with Crippen LogP contribution in [0.15, 0.2) is 30.3 Å². The summed E-state index contributed by atoms with van der Waals surface area (Å²) in [6.45, 7) is 1.47. The van der Waals surface area contributed by atoms with Crippen molar-refractivity contribution in [1.82, 2.24) is 14.9 Å². The van der Waals surface area contributed by atoms with Gasteiger partial charge in [-0.25, -0.2) is 4.98 Å². The van der Waals surface area contributed by atoms with Crippen molar-refractivity contribution in [3.63, 3.8) is 0 Å². The summed E-state index contributed by atoms with van der Waals surface area (Å²) >= 11 is 13.1. The highest BCUT2D eigenvalue weighted by Gasteiger charge is 2.68. The largest absolute Gasteiger partial charge is 0.403 e. The lowest BCUT2D eigenvalue weighted by atomic mass is 10.1. The zero-order valence-corrected chi connectivity index (χ0v) is 22.5. The Bertz CT molecular complexity index is 1370. The van der Waals surface area contributed by atoms with Gasteiger partial charge in [0.25, 0.3) is 0 Å². The molecule has 5 rings (SSSR count). The number of benzene rings is 2. The van der Waals surface area contributed by atoms with E-state index in [2.05, 4.69) is 20.5 Å². The number of carbonyl (C=O) groups excluding carboxylic acids is 1. The Kier molecular flexibility index (Phi) is 7.17. The molecule has 2 aromatic carbocycles. The predicted octanol–water partition coefficient (Wildman–Crippen LogP) is 6.20. The van der Waals surface area contributed by atoms with Gasteiger partial charge in [0.2, 0.25) is 11.9 Å². The third-order valence-electron chi connectivity index (χ3n) is 7.45. The van der Waals surface area contributed by atoms with Crippen LogP contribution in [-0.4, -0.2) is 47.9 Å². The molecule has 1 amide bonds. The van der Waals surface area contributed by atoms with Crippen LogP contribution < -0.4 is 15.5 Å². The van der Waals surface area contributed by atoms with Crippen molar-refractivity contribution in [1.29, 1.82) is 0 Å². The first kappa shape index (κ1) is 26.9. The fourth-order valence-electron chi connectivity index (χ4n) is 5.07. The van der Waals surface area contributed by atoms with E-state index in [0.717, 1.165) is 30.6 Å². The van der Waals surface area contributed by atoms with Gasteiger partial charge < -0.3 is 24.8 Å². The molecule has 1 saturated carbocycles. The van der Waals surface area contributed by atoms with E-state index < -0.39 is 17.5 Å². The van der Waals surface area contributed by atoms with Crippen LogP contribution >= 0.6 is 23.2 Å². The van der Waals surface area contributed by atoms with Crippen molar-refractivity contribution in [3.8, 4) is 0 Å². The molecule has 0 radical (unpaired) electrons. The van der Waals surface area contributed by atoms with E-state index in [-0.39, 0.29) is 25.4 Å². The van der Waals surface area contributed by atoms with E-state index >= 15 is 0 Å². The minimum atomic E-state index is -4.55. The number of hydrogen-bond donors (Lipinski definition) is 2. The molecular weight excluding hydrogens is 542 g/mol. The molecule has 2 heterocycles. The first-order valence-electron chi connectivity index (χ1n) is 12.4. The van der Waals surface area contributed by atoms with Gasteiger partial charge in [0, 0.05) is 27.2 Å². The summed E-state index contributed by atoms with van der Waals surface area (Å²) in [7, 11) is 3.57. The number of anilines is 3. The molecule has 12 heteroatoms. The van der Waals surface area contributed by atoms with Crippen LogP contribution in [0, 0.1) is 5.41 Å². The van der Waals surface area contributed by atoms with Gasteiger partial charge in [-0.3, -0.25) is 4.79 Å². The van der Waals surface area contributed by atoms with Gasteiger partial charge >= 0.3 is 6.18 Å². The highest BCUT2D eigenvalue weighted by molar-refractivity contribution is 6.34. The number of imidazole rings is 1. The number of nitrogens with zero attached hydrogens (tertiary/aromatic N) is 3. The zero-order chi connectivity index (χ0) is 27.2. The molecule has 0 spiro atoms. The van der Waals surface area contributed by atoms with Crippen molar-refractivity contribution in [2.45, 2.75) is 44.4 Å². The Morgan fingerprint density at radius 3 is 2.66 bits per heavy atom. The van der Waals surface area contributed by atoms with E-state index in [1.807, 2.05) is 23.7 Å². The average molecular weight is 570 g/mol. The monoisotopic (exact) mass is 569 g/mol. The molecule has 1 aromatic heterocycles. The third kappa shape index (κ3) is 4.89. The molecule has 204 valence electrons. The first-order valence-corrected chi connectivity index (χ1v) is 13.1. The van der Waals surface area contributed by atoms with E-state index in [0.29, 0.717) is 39.4 Å². The molecule has 1 aliphatic carbocycles. The third-order valence-corrected chi connectivity index (χ3v) is 8.08. The lowest BCUT2D eigenvalue weighted by Gasteiger charge is -2.27. The van der Waals surface area contributed by atoms with Gasteiger partial charge in [-0.1, -0.05) is 29.3 Å². The van der Waals surface area contributed by atoms with Crippen molar-refractivity contribution in [2.75, 3.05) is 30.5 Å². The minimum absolute atomic E-state index is 0.0531. The molecule has 1 atom stereocenters. The summed E-state index contributed by atoms with van der Waals surface area (Å²) in [4.78, 5) is 19.2. The van der Waals surface area contributed by atoms with Gasteiger partial charge in [-0.15, -0.1) is 0 Å². The normalized spacial score (nSPS) is 18.7. The minimum Gasteiger partial charge on any atom is -0.383 e. The maximum atomic E-state index is 13.2. The van der Waals surface area contributed by atoms with Crippen LogP contribution in [0.5, 0.6) is 0 Å². The summed E-state index contributed by atoms with van der Waals surface area (Å²) in [5.41, 5.74) is 1.36.